The molecule has 0 bridgehead atoms. The minimum Gasteiger partial charge on any atom is -0.494 e. The number of sulfonamides is 1. The molecule has 118 valence electrons. The molecule has 2 aromatic rings. The van der Waals surface area contributed by atoms with E-state index in [0.29, 0.717) is 18.8 Å². The van der Waals surface area contributed by atoms with Crippen LogP contribution >= 0.6 is 11.6 Å². The van der Waals surface area contributed by atoms with E-state index in [4.69, 9.17) is 16.3 Å². The van der Waals surface area contributed by atoms with Crippen molar-refractivity contribution in [1.82, 2.24) is 9.71 Å². The summed E-state index contributed by atoms with van der Waals surface area (Å²) in [6.45, 7) is 0.527. The number of pyridine rings is 1. The van der Waals surface area contributed by atoms with Crippen LogP contribution < -0.4 is 9.46 Å². The van der Waals surface area contributed by atoms with Crippen LogP contribution in [0.4, 0.5) is 4.39 Å². The summed E-state index contributed by atoms with van der Waals surface area (Å²) in [6, 6.07) is 8.41. The largest absolute Gasteiger partial charge is 0.494 e. The lowest BCUT2D eigenvalue weighted by molar-refractivity contribution is 0.311. The lowest BCUT2D eigenvalue weighted by Crippen LogP contribution is -2.26. The van der Waals surface area contributed by atoms with Crippen LogP contribution in [0.15, 0.2) is 47.5 Å². The van der Waals surface area contributed by atoms with Gasteiger partial charge in [-0.05, 0) is 42.8 Å². The van der Waals surface area contributed by atoms with Crippen molar-refractivity contribution in [2.45, 2.75) is 11.3 Å². The Balaban J connectivity index is 1.76. The molecule has 0 atom stereocenters. The first kappa shape index (κ1) is 16.7. The third-order valence-electron chi connectivity index (χ3n) is 2.71. The summed E-state index contributed by atoms with van der Waals surface area (Å²) in [5.41, 5.74) is 0. The lowest BCUT2D eigenvalue weighted by atomic mass is 10.3. The predicted octanol–water partition coefficient (Wildman–Crippen LogP) is 2.62. The minimum atomic E-state index is -3.60. The number of rotatable bonds is 7. The number of aromatic nitrogens is 1. The molecule has 0 radical (unpaired) electrons. The summed E-state index contributed by atoms with van der Waals surface area (Å²) >= 11 is 5.61. The van der Waals surface area contributed by atoms with Crippen LogP contribution in [0, 0.1) is 5.82 Å². The van der Waals surface area contributed by atoms with Gasteiger partial charge in [-0.25, -0.2) is 22.5 Å². The van der Waals surface area contributed by atoms with Gasteiger partial charge in [-0.2, -0.15) is 0 Å². The first-order valence-corrected chi connectivity index (χ1v) is 8.33. The molecule has 0 saturated carbocycles. The summed E-state index contributed by atoms with van der Waals surface area (Å²) in [5.74, 6) is 0.197. The van der Waals surface area contributed by atoms with E-state index in [2.05, 4.69) is 9.71 Å². The number of ether oxygens (including phenoxy) is 1. The molecule has 1 aromatic carbocycles. The number of nitrogens with zero attached hydrogens (tertiary/aromatic N) is 1. The van der Waals surface area contributed by atoms with Crippen LogP contribution in [0.1, 0.15) is 6.42 Å². The first-order chi connectivity index (χ1) is 10.5. The quantitative estimate of drug-likeness (QED) is 0.619. The molecule has 1 heterocycles. The Morgan fingerprint density at radius 2 is 1.91 bits per heavy atom. The van der Waals surface area contributed by atoms with E-state index < -0.39 is 10.0 Å². The molecule has 0 aliphatic rings. The van der Waals surface area contributed by atoms with Crippen molar-refractivity contribution in [1.29, 1.82) is 0 Å². The smallest absolute Gasteiger partial charge is 0.242 e. The maximum atomic E-state index is 12.7. The number of hydrogen-bond acceptors (Lipinski definition) is 4. The van der Waals surface area contributed by atoms with Gasteiger partial charge in [0.2, 0.25) is 10.0 Å². The van der Waals surface area contributed by atoms with E-state index in [1.165, 1.54) is 42.6 Å². The SMILES string of the molecule is O=S(=O)(NCCCOc1ccc(F)cc1)c1ccc(Cl)nc1. The molecule has 8 heteroatoms. The Labute approximate surface area is 133 Å². The van der Waals surface area contributed by atoms with Gasteiger partial charge in [0.05, 0.1) is 6.61 Å². The molecule has 5 nitrogen and oxygen atoms in total. The Kier molecular flexibility index (Phi) is 5.70. The summed E-state index contributed by atoms with van der Waals surface area (Å²) in [7, 11) is -3.60. The van der Waals surface area contributed by atoms with Crippen molar-refractivity contribution >= 4 is 21.6 Å². The van der Waals surface area contributed by atoms with Gasteiger partial charge in [0, 0.05) is 12.7 Å². The van der Waals surface area contributed by atoms with E-state index in [9.17, 15) is 12.8 Å². The van der Waals surface area contributed by atoms with Gasteiger partial charge < -0.3 is 4.74 Å². The van der Waals surface area contributed by atoms with Crippen LogP contribution in [0.5, 0.6) is 5.75 Å². The highest BCUT2D eigenvalue weighted by Crippen LogP contribution is 2.12. The average Bonchev–Trinajstić information content (AvgIpc) is 2.49. The van der Waals surface area contributed by atoms with E-state index in [-0.39, 0.29) is 22.4 Å². The Morgan fingerprint density at radius 1 is 1.18 bits per heavy atom. The molecule has 0 fully saturated rings. The molecule has 2 rings (SSSR count). The maximum Gasteiger partial charge on any atom is 0.242 e. The van der Waals surface area contributed by atoms with Crippen LogP contribution in [-0.2, 0) is 10.0 Å². The zero-order valence-electron chi connectivity index (χ0n) is 11.5. The Bertz CT molecular complexity index is 706. The molecular weight excluding hydrogens is 331 g/mol. The van der Waals surface area contributed by atoms with Crippen molar-refractivity contribution < 1.29 is 17.5 Å². The molecule has 0 amide bonds. The third kappa shape index (κ3) is 4.94. The molecule has 22 heavy (non-hydrogen) atoms. The standard InChI is InChI=1S/C14H14ClFN2O3S/c15-14-7-6-13(10-17-14)22(19,20)18-8-1-9-21-12-4-2-11(16)3-5-12/h2-7,10,18H,1,8-9H2. The van der Waals surface area contributed by atoms with Gasteiger partial charge in [0.15, 0.2) is 0 Å². The number of nitrogens with one attached hydrogen (secondary N) is 1. The van der Waals surface area contributed by atoms with E-state index in [1.54, 1.807) is 0 Å². The summed E-state index contributed by atoms with van der Waals surface area (Å²) in [6.07, 6.45) is 1.66. The number of benzene rings is 1. The molecule has 0 aliphatic carbocycles. The van der Waals surface area contributed by atoms with Crippen molar-refractivity contribution in [2.75, 3.05) is 13.2 Å². The zero-order valence-corrected chi connectivity index (χ0v) is 13.1. The van der Waals surface area contributed by atoms with Crippen molar-refractivity contribution in [2.24, 2.45) is 0 Å². The van der Waals surface area contributed by atoms with Gasteiger partial charge in [0.1, 0.15) is 21.6 Å². The second-order valence-electron chi connectivity index (χ2n) is 4.37. The number of halogens is 2. The van der Waals surface area contributed by atoms with E-state index >= 15 is 0 Å². The van der Waals surface area contributed by atoms with Gasteiger partial charge in [0.25, 0.3) is 0 Å². The Hall–Kier alpha value is -1.70. The highest BCUT2D eigenvalue weighted by Gasteiger charge is 2.13. The van der Waals surface area contributed by atoms with Crippen LogP contribution in [0.3, 0.4) is 0 Å². The topological polar surface area (TPSA) is 68.3 Å². The van der Waals surface area contributed by atoms with Gasteiger partial charge >= 0.3 is 0 Å². The highest BCUT2D eigenvalue weighted by molar-refractivity contribution is 7.89. The van der Waals surface area contributed by atoms with Gasteiger partial charge in [-0.1, -0.05) is 11.6 Å². The van der Waals surface area contributed by atoms with E-state index in [1.807, 2.05) is 0 Å². The second kappa shape index (κ2) is 7.53. The molecule has 1 aromatic heterocycles. The van der Waals surface area contributed by atoms with Crippen molar-refractivity contribution in [3.8, 4) is 5.75 Å². The third-order valence-corrected chi connectivity index (χ3v) is 4.38. The number of hydrogen-bond donors (Lipinski definition) is 1. The molecule has 1 N–H and O–H groups in total. The van der Waals surface area contributed by atoms with Crippen molar-refractivity contribution in [3.05, 3.63) is 53.6 Å². The first-order valence-electron chi connectivity index (χ1n) is 6.47. The maximum absolute atomic E-state index is 12.7. The van der Waals surface area contributed by atoms with Gasteiger partial charge in [-0.15, -0.1) is 0 Å². The van der Waals surface area contributed by atoms with E-state index in [0.717, 1.165) is 0 Å². The normalized spacial score (nSPS) is 11.4. The fourth-order valence-corrected chi connectivity index (χ4v) is 2.73. The van der Waals surface area contributed by atoms with Crippen LogP contribution in [-0.4, -0.2) is 26.6 Å². The average molecular weight is 345 g/mol. The Morgan fingerprint density at radius 3 is 2.55 bits per heavy atom. The lowest BCUT2D eigenvalue weighted by Gasteiger charge is -2.08. The summed E-state index contributed by atoms with van der Waals surface area (Å²) in [5, 5.41) is 0.228. The molecular formula is C14H14ClFN2O3S. The predicted molar refractivity (Wildman–Crippen MR) is 80.9 cm³/mol. The summed E-state index contributed by atoms with van der Waals surface area (Å²) in [4.78, 5) is 3.78. The van der Waals surface area contributed by atoms with Crippen LogP contribution in [0.25, 0.3) is 0 Å². The summed E-state index contributed by atoms with van der Waals surface area (Å²) < 4.78 is 44.4. The molecule has 0 saturated heterocycles. The van der Waals surface area contributed by atoms with Crippen LogP contribution in [0.2, 0.25) is 5.15 Å². The van der Waals surface area contributed by atoms with Crippen molar-refractivity contribution in [3.63, 3.8) is 0 Å². The zero-order chi connectivity index (χ0) is 16.0. The fraction of sp³-hybridized carbons (Fsp3) is 0.214. The molecule has 0 unspecified atom stereocenters. The monoisotopic (exact) mass is 344 g/mol. The molecule has 0 spiro atoms. The second-order valence-corrected chi connectivity index (χ2v) is 6.52. The fourth-order valence-electron chi connectivity index (χ4n) is 1.60. The highest BCUT2D eigenvalue weighted by atomic mass is 35.5. The molecule has 0 aliphatic heterocycles. The van der Waals surface area contributed by atoms with Gasteiger partial charge in [-0.3, -0.25) is 0 Å². The minimum absolute atomic E-state index is 0.0522.